The molecule has 0 aliphatic carbocycles. The van der Waals surface area contributed by atoms with Crippen molar-refractivity contribution in [2.24, 2.45) is 0 Å². The maximum Gasteiger partial charge on any atom is 0.155 e. The summed E-state index contributed by atoms with van der Waals surface area (Å²) in [6, 6.07) is 24.0. The Balaban J connectivity index is 1.38. The van der Waals surface area contributed by atoms with E-state index in [-0.39, 0.29) is 12.0 Å². The second kappa shape index (κ2) is 10.2. The van der Waals surface area contributed by atoms with Gasteiger partial charge in [0.1, 0.15) is 23.9 Å². The van der Waals surface area contributed by atoms with Crippen LogP contribution in [0.2, 0.25) is 0 Å². The maximum absolute atomic E-state index is 13.2. The average Bonchev–Trinajstić information content (AvgIpc) is 2.81. The molecular weight excluding hydrogens is 405 g/mol. The number of likely N-dealkylation sites (tertiary alicyclic amines) is 1. The van der Waals surface area contributed by atoms with Gasteiger partial charge in [-0.1, -0.05) is 49.4 Å². The Morgan fingerprint density at radius 3 is 2.31 bits per heavy atom. The molecule has 4 rings (SSSR count). The SMILES string of the molecule is CCN1CCC(O)(Cc2ccc(F)cc2)CC1Oc1ccc(OCc2ccccc2)cc1. The van der Waals surface area contributed by atoms with Crippen molar-refractivity contribution < 1.29 is 19.0 Å². The highest BCUT2D eigenvalue weighted by Gasteiger charge is 2.39. The van der Waals surface area contributed by atoms with Gasteiger partial charge in [0.05, 0.1) is 5.60 Å². The van der Waals surface area contributed by atoms with E-state index in [9.17, 15) is 9.50 Å². The number of aliphatic hydroxyl groups is 1. The molecule has 0 spiro atoms. The molecule has 4 nitrogen and oxygen atoms in total. The van der Waals surface area contributed by atoms with Gasteiger partial charge in [-0.25, -0.2) is 4.39 Å². The van der Waals surface area contributed by atoms with E-state index in [4.69, 9.17) is 9.47 Å². The van der Waals surface area contributed by atoms with E-state index in [0.29, 0.717) is 25.9 Å². The van der Waals surface area contributed by atoms with Gasteiger partial charge in [-0.2, -0.15) is 0 Å². The van der Waals surface area contributed by atoms with Crippen molar-refractivity contribution in [3.8, 4) is 11.5 Å². The molecule has 1 aliphatic heterocycles. The van der Waals surface area contributed by atoms with E-state index in [1.54, 1.807) is 12.1 Å². The maximum atomic E-state index is 13.2. The van der Waals surface area contributed by atoms with Gasteiger partial charge in [0, 0.05) is 19.4 Å². The molecule has 1 heterocycles. The molecule has 0 saturated carbocycles. The number of nitrogens with zero attached hydrogens (tertiary/aromatic N) is 1. The van der Waals surface area contributed by atoms with Crippen LogP contribution >= 0.6 is 0 Å². The Kier molecular flexibility index (Phi) is 7.08. The van der Waals surface area contributed by atoms with Crippen molar-refractivity contribution in [3.05, 3.63) is 95.8 Å². The average molecular weight is 436 g/mol. The van der Waals surface area contributed by atoms with E-state index in [1.807, 2.05) is 54.6 Å². The lowest BCUT2D eigenvalue weighted by Gasteiger charge is -2.43. The Hall–Kier alpha value is -2.89. The molecule has 0 radical (unpaired) electrons. The van der Waals surface area contributed by atoms with Crippen LogP contribution in [0.5, 0.6) is 11.5 Å². The van der Waals surface area contributed by atoms with Crippen LogP contribution in [0.3, 0.4) is 0 Å². The lowest BCUT2D eigenvalue weighted by molar-refractivity contribution is -0.103. The van der Waals surface area contributed by atoms with E-state index in [2.05, 4.69) is 11.8 Å². The summed E-state index contributed by atoms with van der Waals surface area (Å²) in [4.78, 5) is 2.24. The van der Waals surface area contributed by atoms with Gasteiger partial charge in [0.15, 0.2) is 6.23 Å². The molecule has 1 aliphatic rings. The first kappa shape index (κ1) is 22.3. The number of benzene rings is 3. The first-order valence-corrected chi connectivity index (χ1v) is 11.2. The minimum Gasteiger partial charge on any atom is -0.489 e. The first-order valence-electron chi connectivity index (χ1n) is 11.2. The van der Waals surface area contributed by atoms with Gasteiger partial charge < -0.3 is 14.6 Å². The summed E-state index contributed by atoms with van der Waals surface area (Å²) in [6.07, 6.45) is 1.40. The Labute approximate surface area is 189 Å². The zero-order valence-corrected chi connectivity index (χ0v) is 18.4. The number of piperidine rings is 1. The van der Waals surface area contributed by atoms with Crippen LogP contribution in [-0.2, 0) is 13.0 Å². The minimum atomic E-state index is -0.882. The number of hydrogen-bond donors (Lipinski definition) is 1. The van der Waals surface area contributed by atoms with Crippen LogP contribution in [-0.4, -0.2) is 34.9 Å². The smallest absolute Gasteiger partial charge is 0.155 e. The van der Waals surface area contributed by atoms with Gasteiger partial charge in [-0.05, 0) is 60.5 Å². The topological polar surface area (TPSA) is 41.9 Å². The van der Waals surface area contributed by atoms with Crippen molar-refractivity contribution in [3.63, 3.8) is 0 Å². The molecule has 1 saturated heterocycles. The standard InChI is InChI=1S/C27H30FNO3/c1-2-29-17-16-27(30,18-21-8-10-23(28)11-9-21)19-26(29)32-25-14-12-24(13-15-25)31-20-22-6-4-3-5-7-22/h3-15,26,30H,2,16-20H2,1H3. The summed E-state index contributed by atoms with van der Waals surface area (Å²) in [5.74, 6) is 1.26. The molecule has 0 bridgehead atoms. The van der Waals surface area contributed by atoms with Gasteiger partial charge in [-0.15, -0.1) is 0 Å². The van der Waals surface area contributed by atoms with Crippen LogP contribution in [0.25, 0.3) is 0 Å². The molecule has 2 unspecified atom stereocenters. The van der Waals surface area contributed by atoms with E-state index >= 15 is 0 Å². The summed E-state index contributed by atoms with van der Waals surface area (Å²) in [7, 11) is 0. The van der Waals surface area contributed by atoms with Crippen molar-refractivity contribution in [1.82, 2.24) is 4.90 Å². The fraction of sp³-hybridized carbons (Fsp3) is 0.333. The third kappa shape index (κ3) is 5.87. The van der Waals surface area contributed by atoms with Crippen molar-refractivity contribution >= 4 is 0 Å². The molecule has 1 N–H and O–H groups in total. The molecule has 168 valence electrons. The minimum absolute atomic E-state index is 0.227. The monoisotopic (exact) mass is 435 g/mol. The predicted molar refractivity (Wildman–Crippen MR) is 123 cm³/mol. The highest BCUT2D eigenvalue weighted by Crippen LogP contribution is 2.32. The summed E-state index contributed by atoms with van der Waals surface area (Å²) >= 11 is 0. The van der Waals surface area contributed by atoms with Crippen molar-refractivity contribution in [2.75, 3.05) is 13.1 Å². The highest BCUT2D eigenvalue weighted by atomic mass is 19.1. The van der Waals surface area contributed by atoms with Gasteiger partial charge in [0.25, 0.3) is 0 Å². The largest absolute Gasteiger partial charge is 0.489 e. The third-order valence-electron chi connectivity index (χ3n) is 6.02. The van der Waals surface area contributed by atoms with Gasteiger partial charge in [-0.3, -0.25) is 4.90 Å². The molecule has 32 heavy (non-hydrogen) atoms. The van der Waals surface area contributed by atoms with Gasteiger partial charge >= 0.3 is 0 Å². The normalized spacial score (nSPS) is 21.3. The number of halogens is 1. The Morgan fingerprint density at radius 1 is 0.938 bits per heavy atom. The van der Waals surface area contributed by atoms with E-state index < -0.39 is 5.60 Å². The number of ether oxygens (including phenoxy) is 2. The van der Waals surface area contributed by atoms with Crippen molar-refractivity contribution in [1.29, 1.82) is 0 Å². The second-order valence-electron chi connectivity index (χ2n) is 8.43. The van der Waals surface area contributed by atoms with Crippen LogP contribution in [0.15, 0.2) is 78.9 Å². The second-order valence-corrected chi connectivity index (χ2v) is 8.43. The Morgan fingerprint density at radius 2 is 1.62 bits per heavy atom. The van der Waals surface area contributed by atoms with Gasteiger partial charge in [0.2, 0.25) is 0 Å². The zero-order chi connectivity index (χ0) is 22.4. The van der Waals surface area contributed by atoms with Crippen LogP contribution in [0.4, 0.5) is 4.39 Å². The molecule has 2 atom stereocenters. The first-order chi connectivity index (χ1) is 15.5. The fourth-order valence-electron chi connectivity index (χ4n) is 4.19. The predicted octanol–water partition coefficient (Wildman–Crippen LogP) is 5.20. The summed E-state index contributed by atoms with van der Waals surface area (Å²) in [5, 5.41) is 11.3. The molecule has 5 heteroatoms. The quantitative estimate of drug-likeness (QED) is 0.528. The third-order valence-corrected chi connectivity index (χ3v) is 6.02. The summed E-state index contributed by atoms with van der Waals surface area (Å²) in [6.45, 7) is 4.21. The van der Waals surface area contributed by atoms with Crippen LogP contribution < -0.4 is 9.47 Å². The van der Waals surface area contributed by atoms with E-state index in [0.717, 1.165) is 35.7 Å². The number of hydrogen-bond acceptors (Lipinski definition) is 4. The fourth-order valence-corrected chi connectivity index (χ4v) is 4.19. The zero-order valence-electron chi connectivity index (χ0n) is 18.4. The Bertz CT molecular complexity index is 978. The summed E-state index contributed by atoms with van der Waals surface area (Å²) in [5.41, 5.74) is 1.17. The van der Waals surface area contributed by atoms with Crippen LogP contribution in [0.1, 0.15) is 30.9 Å². The molecule has 0 aromatic heterocycles. The lowest BCUT2D eigenvalue weighted by atomic mass is 9.84. The molecule has 1 fully saturated rings. The lowest BCUT2D eigenvalue weighted by Crippen LogP contribution is -2.53. The van der Waals surface area contributed by atoms with Crippen molar-refractivity contribution in [2.45, 2.75) is 44.6 Å². The molecule has 0 amide bonds. The van der Waals surface area contributed by atoms with E-state index in [1.165, 1.54) is 12.1 Å². The molecular formula is C27H30FNO3. The molecule has 3 aromatic carbocycles. The molecule has 3 aromatic rings. The van der Waals surface area contributed by atoms with Crippen LogP contribution in [0, 0.1) is 5.82 Å². The summed E-state index contributed by atoms with van der Waals surface area (Å²) < 4.78 is 25.4. The highest BCUT2D eigenvalue weighted by molar-refractivity contribution is 5.32. The number of rotatable bonds is 8.